The van der Waals surface area contributed by atoms with Crippen molar-refractivity contribution in [1.29, 1.82) is 0 Å². The monoisotopic (exact) mass is 750 g/mol. The SMILES string of the molecule is C=CC(=O)OCCCCCCCCOc1ccc(C(=O)Oc2cc(F)c(OC(=O)c3ccc(OCCCCCCCCOC(=O)C=C)cc3)cc2F)cc1. The van der Waals surface area contributed by atoms with Crippen LogP contribution in [0.3, 0.4) is 0 Å². The van der Waals surface area contributed by atoms with Crippen LogP contribution in [0.1, 0.15) is 97.8 Å². The van der Waals surface area contributed by atoms with Gasteiger partial charge in [-0.05, 0) is 74.2 Å². The quantitative estimate of drug-likeness (QED) is 0.0339. The second-order valence-electron chi connectivity index (χ2n) is 12.2. The molecule has 0 bridgehead atoms. The molecular weight excluding hydrogens is 702 g/mol. The van der Waals surface area contributed by atoms with Gasteiger partial charge in [-0.1, -0.05) is 64.5 Å². The van der Waals surface area contributed by atoms with Crippen LogP contribution in [0.4, 0.5) is 8.78 Å². The maximum Gasteiger partial charge on any atom is 0.343 e. The van der Waals surface area contributed by atoms with Gasteiger partial charge in [-0.15, -0.1) is 0 Å². The van der Waals surface area contributed by atoms with Crippen LogP contribution in [0.25, 0.3) is 0 Å². The van der Waals surface area contributed by atoms with Crippen LogP contribution in [0.15, 0.2) is 86.0 Å². The molecule has 0 saturated carbocycles. The molecule has 0 aromatic heterocycles. The van der Waals surface area contributed by atoms with Crippen molar-refractivity contribution in [3.63, 3.8) is 0 Å². The Kier molecular flexibility index (Phi) is 19.6. The normalized spacial score (nSPS) is 10.6. The van der Waals surface area contributed by atoms with Crippen molar-refractivity contribution in [3.8, 4) is 23.0 Å². The molecule has 0 atom stereocenters. The highest BCUT2D eigenvalue weighted by Crippen LogP contribution is 2.28. The van der Waals surface area contributed by atoms with Crippen LogP contribution in [0.5, 0.6) is 23.0 Å². The summed E-state index contributed by atoms with van der Waals surface area (Å²) in [5.41, 5.74) is 0.197. The number of rotatable bonds is 26. The molecule has 0 heterocycles. The summed E-state index contributed by atoms with van der Waals surface area (Å²) >= 11 is 0. The Morgan fingerprint density at radius 1 is 0.481 bits per heavy atom. The van der Waals surface area contributed by atoms with Crippen molar-refractivity contribution in [2.45, 2.75) is 77.0 Å². The number of unbranched alkanes of at least 4 members (excludes halogenated alkanes) is 10. The van der Waals surface area contributed by atoms with E-state index in [1.807, 2.05) is 0 Å². The predicted molar refractivity (Wildman–Crippen MR) is 198 cm³/mol. The van der Waals surface area contributed by atoms with Crippen LogP contribution in [-0.2, 0) is 19.1 Å². The summed E-state index contributed by atoms with van der Waals surface area (Å²) in [4.78, 5) is 47.3. The number of hydrogen-bond acceptors (Lipinski definition) is 10. The van der Waals surface area contributed by atoms with Gasteiger partial charge < -0.3 is 28.4 Å². The zero-order valence-electron chi connectivity index (χ0n) is 30.5. The van der Waals surface area contributed by atoms with Crippen LogP contribution in [0.2, 0.25) is 0 Å². The summed E-state index contributed by atoms with van der Waals surface area (Å²) in [7, 11) is 0. The number of esters is 4. The van der Waals surface area contributed by atoms with E-state index in [9.17, 15) is 28.0 Å². The molecule has 290 valence electrons. The summed E-state index contributed by atoms with van der Waals surface area (Å²) < 4.78 is 61.1. The molecule has 0 aliphatic carbocycles. The first-order chi connectivity index (χ1) is 26.2. The van der Waals surface area contributed by atoms with Crippen LogP contribution in [0, 0.1) is 11.6 Å². The average Bonchev–Trinajstić information content (AvgIpc) is 3.18. The Morgan fingerprint density at radius 3 is 1.13 bits per heavy atom. The van der Waals surface area contributed by atoms with Crippen molar-refractivity contribution in [2.75, 3.05) is 26.4 Å². The van der Waals surface area contributed by atoms with Gasteiger partial charge in [0.05, 0.1) is 37.6 Å². The zero-order chi connectivity index (χ0) is 39.0. The van der Waals surface area contributed by atoms with E-state index in [0.29, 0.717) is 50.1 Å². The fourth-order valence-corrected chi connectivity index (χ4v) is 5.02. The van der Waals surface area contributed by atoms with Crippen LogP contribution in [-0.4, -0.2) is 50.3 Å². The highest BCUT2D eigenvalue weighted by Gasteiger charge is 2.19. The minimum Gasteiger partial charge on any atom is -0.494 e. The Bertz CT molecular complexity index is 1530. The second kappa shape index (κ2) is 24.7. The van der Waals surface area contributed by atoms with Crippen molar-refractivity contribution >= 4 is 23.9 Å². The number of ether oxygens (including phenoxy) is 6. The number of carbonyl (C=O) groups excluding carboxylic acids is 4. The largest absolute Gasteiger partial charge is 0.494 e. The molecule has 0 N–H and O–H groups in total. The fourth-order valence-electron chi connectivity index (χ4n) is 5.02. The van der Waals surface area contributed by atoms with Gasteiger partial charge in [0.2, 0.25) is 0 Å². The number of halogens is 2. The van der Waals surface area contributed by atoms with E-state index in [1.165, 1.54) is 24.3 Å². The van der Waals surface area contributed by atoms with E-state index < -0.39 is 47.0 Å². The molecule has 0 saturated heterocycles. The van der Waals surface area contributed by atoms with Gasteiger partial charge in [0.15, 0.2) is 23.1 Å². The van der Waals surface area contributed by atoms with E-state index in [0.717, 1.165) is 89.2 Å². The summed E-state index contributed by atoms with van der Waals surface area (Å²) in [6.45, 7) is 8.48. The molecule has 3 aromatic rings. The molecule has 12 heteroatoms. The highest BCUT2D eigenvalue weighted by atomic mass is 19.1. The highest BCUT2D eigenvalue weighted by molar-refractivity contribution is 5.92. The zero-order valence-corrected chi connectivity index (χ0v) is 30.5. The molecule has 0 amide bonds. The lowest BCUT2D eigenvalue weighted by Gasteiger charge is -2.11. The van der Waals surface area contributed by atoms with Crippen LogP contribution < -0.4 is 18.9 Å². The molecule has 54 heavy (non-hydrogen) atoms. The van der Waals surface area contributed by atoms with Gasteiger partial charge in [0.1, 0.15) is 11.5 Å². The Labute approximate surface area is 315 Å². The maximum absolute atomic E-state index is 14.8. The van der Waals surface area contributed by atoms with E-state index in [-0.39, 0.29) is 11.1 Å². The molecule has 0 unspecified atom stereocenters. The molecule has 0 aliphatic rings. The molecule has 0 radical (unpaired) electrons. The van der Waals surface area contributed by atoms with Crippen molar-refractivity contribution in [1.82, 2.24) is 0 Å². The summed E-state index contributed by atoms with van der Waals surface area (Å²) in [6.07, 6.45) is 13.6. The summed E-state index contributed by atoms with van der Waals surface area (Å²) in [5.74, 6) is -5.07. The Morgan fingerprint density at radius 2 is 0.796 bits per heavy atom. The standard InChI is InChI=1S/C42H48F2O10/c1-3-39(45)51-27-15-11-7-5-9-13-25-49-33-21-17-31(18-22-33)41(47)53-37-29-36(44)38(30-35(37)43)54-42(48)32-19-23-34(24-20-32)50-26-14-10-6-8-12-16-28-52-40(46)4-2/h3-4,17-24,29-30H,1-2,5-16,25-28H2. The van der Waals surface area contributed by atoms with Crippen molar-refractivity contribution < 1.29 is 56.4 Å². The molecule has 0 aliphatic heterocycles. The van der Waals surface area contributed by atoms with Gasteiger partial charge in [0.25, 0.3) is 0 Å². The first-order valence-electron chi connectivity index (χ1n) is 18.2. The second-order valence-corrected chi connectivity index (χ2v) is 12.2. The topological polar surface area (TPSA) is 124 Å². The van der Waals surface area contributed by atoms with Gasteiger partial charge in [-0.3, -0.25) is 0 Å². The predicted octanol–water partition coefficient (Wildman–Crippen LogP) is 9.30. The lowest BCUT2D eigenvalue weighted by molar-refractivity contribution is -0.138. The van der Waals surface area contributed by atoms with E-state index in [1.54, 1.807) is 24.3 Å². The fraction of sp³-hybridized carbons (Fsp3) is 0.381. The average molecular weight is 751 g/mol. The molecule has 0 spiro atoms. The Hall–Kier alpha value is -5.52. The first kappa shape index (κ1) is 42.9. The lowest BCUT2D eigenvalue weighted by atomic mass is 10.1. The van der Waals surface area contributed by atoms with Gasteiger partial charge in [0, 0.05) is 24.3 Å². The van der Waals surface area contributed by atoms with Crippen molar-refractivity contribution in [2.24, 2.45) is 0 Å². The number of hydrogen-bond donors (Lipinski definition) is 0. The number of carbonyl (C=O) groups is 4. The third kappa shape index (κ3) is 16.4. The molecular formula is C42H48F2O10. The first-order valence-corrected chi connectivity index (χ1v) is 18.2. The number of benzene rings is 3. The molecule has 0 fully saturated rings. The summed E-state index contributed by atoms with van der Waals surface area (Å²) in [5, 5.41) is 0. The van der Waals surface area contributed by atoms with E-state index in [2.05, 4.69) is 13.2 Å². The smallest absolute Gasteiger partial charge is 0.343 e. The molecule has 3 rings (SSSR count). The minimum absolute atomic E-state index is 0.0984. The van der Waals surface area contributed by atoms with Crippen LogP contribution >= 0.6 is 0 Å². The van der Waals surface area contributed by atoms with E-state index >= 15 is 0 Å². The van der Waals surface area contributed by atoms with Gasteiger partial charge in [-0.25, -0.2) is 28.0 Å². The Balaban J connectivity index is 1.34. The third-order valence-corrected chi connectivity index (χ3v) is 8.01. The third-order valence-electron chi connectivity index (χ3n) is 8.01. The minimum atomic E-state index is -1.10. The van der Waals surface area contributed by atoms with E-state index in [4.69, 9.17) is 28.4 Å². The maximum atomic E-state index is 14.8. The molecule has 10 nitrogen and oxygen atoms in total. The van der Waals surface area contributed by atoms with Gasteiger partial charge in [-0.2, -0.15) is 0 Å². The van der Waals surface area contributed by atoms with Gasteiger partial charge >= 0.3 is 23.9 Å². The van der Waals surface area contributed by atoms with Crippen molar-refractivity contribution in [3.05, 3.63) is 109 Å². The summed E-state index contributed by atoms with van der Waals surface area (Å²) in [6, 6.07) is 13.4. The molecule has 3 aromatic carbocycles. The lowest BCUT2D eigenvalue weighted by Crippen LogP contribution is -2.12.